The van der Waals surface area contributed by atoms with Gasteiger partial charge in [0.05, 0.1) is 10.7 Å². The lowest BCUT2D eigenvalue weighted by Gasteiger charge is -2.14. The quantitative estimate of drug-likeness (QED) is 0.297. The minimum absolute atomic E-state index is 0.0507. The standard InChI is InChI=1S/C17H20ClN5O2/c18-14-9-13(4-5-15(14)20)22-17(25)12(10-19)11-21-6-2-8-23-7-1-3-16(23)24/h4-5,9,11,21H,1-3,6-8,20H2,(H,22,25)/b12-11-. The van der Waals surface area contributed by atoms with Crippen molar-refractivity contribution in [3.05, 3.63) is 35.0 Å². The number of likely N-dealkylation sites (tertiary alicyclic amines) is 1. The van der Waals surface area contributed by atoms with Crippen molar-refractivity contribution in [1.82, 2.24) is 10.2 Å². The average Bonchev–Trinajstić information content (AvgIpc) is 2.99. The van der Waals surface area contributed by atoms with E-state index in [2.05, 4.69) is 10.6 Å². The molecule has 4 N–H and O–H groups in total. The molecule has 7 nitrogen and oxygen atoms in total. The maximum atomic E-state index is 12.1. The van der Waals surface area contributed by atoms with Crippen molar-refractivity contribution < 1.29 is 9.59 Å². The number of anilines is 2. The summed E-state index contributed by atoms with van der Waals surface area (Å²) in [6.07, 6.45) is 3.66. The Kier molecular flexibility index (Phi) is 6.66. The number of nitrogens with zero attached hydrogens (tertiary/aromatic N) is 2. The molecule has 1 saturated heterocycles. The van der Waals surface area contributed by atoms with Crippen LogP contribution >= 0.6 is 11.6 Å². The summed E-state index contributed by atoms with van der Waals surface area (Å²) in [4.78, 5) is 25.4. The maximum absolute atomic E-state index is 12.1. The summed E-state index contributed by atoms with van der Waals surface area (Å²) < 4.78 is 0. The lowest BCUT2D eigenvalue weighted by atomic mass is 10.2. The molecule has 8 heteroatoms. The van der Waals surface area contributed by atoms with E-state index < -0.39 is 5.91 Å². The number of nitrogens with two attached hydrogens (primary N) is 1. The summed E-state index contributed by atoms with van der Waals surface area (Å²) in [6, 6.07) is 6.55. The van der Waals surface area contributed by atoms with Crippen LogP contribution in [0.15, 0.2) is 30.0 Å². The molecule has 0 atom stereocenters. The zero-order valence-electron chi connectivity index (χ0n) is 13.7. The molecule has 2 amide bonds. The molecule has 1 aliphatic rings. The van der Waals surface area contributed by atoms with Crippen LogP contribution in [0.3, 0.4) is 0 Å². The van der Waals surface area contributed by atoms with Crippen molar-refractivity contribution in [3.8, 4) is 6.07 Å². The Morgan fingerprint density at radius 1 is 1.48 bits per heavy atom. The van der Waals surface area contributed by atoms with Gasteiger partial charge in [-0.15, -0.1) is 0 Å². The number of halogens is 1. The summed E-state index contributed by atoms with van der Waals surface area (Å²) in [5, 5.41) is 15.0. The van der Waals surface area contributed by atoms with Gasteiger partial charge in [0.2, 0.25) is 5.91 Å². The number of carbonyl (C=O) groups is 2. The molecule has 1 aromatic carbocycles. The van der Waals surface area contributed by atoms with Gasteiger partial charge in [-0.3, -0.25) is 9.59 Å². The van der Waals surface area contributed by atoms with Gasteiger partial charge >= 0.3 is 0 Å². The van der Waals surface area contributed by atoms with E-state index in [1.165, 1.54) is 12.3 Å². The van der Waals surface area contributed by atoms with Gasteiger partial charge in [-0.05, 0) is 31.0 Å². The number of nitriles is 1. The molecule has 0 spiro atoms. The highest BCUT2D eigenvalue weighted by Gasteiger charge is 2.18. The fraction of sp³-hybridized carbons (Fsp3) is 0.353. The maximum Gasteiger partial charge on any atom is 0.267 e. The highest BCUT2D eigenvalue weighted by atomic mass is 35.5. The normalized spacial score (nSPS) is 14.3. The Hall–Kier alpha value is -2.72. The van der Waals surface area contributed by atoms with Crippen LogP contribution < -0.4 is 16.4 Å². The number of rotatable bonds is 7. The Labute approximate surface area is 151 Å². The number of nitrogen functional groups attached to an aromatic ring is 1. The minimum Gasteiger partial charge on any atom is -0.398 e. The van der Waals surface area contributed by atoms with Crippen LogP contribution in [0.25, 0.3) is 0 Å². The lowest BCUT2D eigenvalue weighted by Crippen LogP contribution is -2.27. The van der Waals surface area contributed by atoms with Crippen LogP contribution in [0.4, 0.5) is 11.4 Å². The van der Waals surface area contributed by atoms with Gasteiger partial charge in [0.25, 0.3) is 5.91 Å². The summed E-state index contributed by atoms with van der Waals surface area (Å²) in [7, 11) is 0. The number of benzene rings is 1. The lowest BCUT2D eigenvalue weighted by molar-refractivity contribution is -0.127. The second-order valence-electron chi connectivity index (χ2n) is 5.65. The van der Waals surface area contributed by atoms with E-state index in [1.54, 1.807) is 12.1 Å². The molecule has 2 rings (SSSR count). The zero-order chi connectivity index (χ0) is 18.2. The fourth-order valence-electron chi connectivity index (χ4n) is 2.44. The summed E-state index contributed by atoms with van der Waals surface area (Å²) in [6.45, 7) is 2.05. The SMILES string of the molecule is N#C/C(=C/NCCCN1CCCC1=O)C(=O)Nc1ccc(N)c(Cl)c1. The van der Waals surface area contributed by atoms with E-state index in [0.717, 1.165) is 19.4 Å². The molecule has 25 heavy (non-hydrogen) atoms. The molecule has 1 aromatic rings. The molecule has 1 aliphatic heterocycles. The van der Waals surface area contributed by atoms with Gasteiger partial charge in [-0.2, -0.15) is 5.26 Å². The Morgan fingerprint density at radius 2 is 2.28 bits per heavy atom. The number of hydrogen-bond acceptors (Lipinski definition) is 5. The van der Waals surface area contributed by atoms with Crippen molar-refractivity contribution in [3.63, 3.8) is 0 Å². The Balaban J connectivity index is 1.80. The summed E-state index contributed by atoms with van der Waals surface area (Å²) in [5.41, 5.74) is 6.43. The van der Waals surface area contributed by atoms with Crippen LogP contribution in [0.1, 0.15) is 19.3 Å². The van der Waals surface area contributed by atoms with Gasteiger partial charge in [0.1, 0.15) is 11.6 Å². The molecule has 132 valence electrons. The van der Waals surface area contributed by atoms with E-state index in [4.69, 9.17) is 22.6 Å². The molecule has 0 unspecified atom stereocenters. The average molecular weight is 362 g/mol. The van der Waals surface area contributed by atoms with Crippen LogP contribution in [0, 0.1) is 11.3 Å². The summed E-state index contributed by atoms with van der Waals surface area (Å²) in [5.74, 6) is -0.347. The molecule has 1 heterocycles. The second-order valence-corrected chi connectivity index (χ2v) is 6.06. The fourth-order valence-corrected chi connectivity index (χ4v) is 2.62. The van der Waals surface area contributed by atoms with Crippen molar-refractivity contribution in [2.45, 2.75) is 19.3 Å². The van der Waals surface area contributed by atoms with Crippen molar-refractivity contribution in [2.24, 2.45) is 0 Å². The predicted molar refractivity (Wildman–Crippen MR) is 96.6 cm³/mol. The van der Waals surface area contributed by atoms with Crippen LogP contribution in [-0.2, 0) is 9.59 Å². The van der Waals surface area contributed by atoms with Gasteiger partial charge in [0.15, 0.2) is 0 Å². The first-order chi connectivity index (χ1) is 12.0. The van der Waals surface area contributed by atoms with Gasteiger partial charge in [-0.1, -0.05) is 11.6 Å². The van der Waals surface area contributed by atoms with E-state index in [0.29, 0.717) is 35.9 Å². The minimum atomic E-state index is -0.537. The van der Waals surface area contributed by atoms with E-state index in [1.807, 2.05) is 11.0 Å². The monoisotopic (exact) mass is 361 g/mol. The molecule has 0 aliphatic carbocycles. The second kappa shape index (κ2) is 8.94. The number of amides is 2. The van der Waals surface area contributed by atoms with Crippen LogP contribution in [0.5, 0.6) is 0 Å². The van der Waals surface area contributed by atoms with Crippen molar-refractivity contribution in [2.75, 3.05) is 30.7 Å². The molecular weight excluding hydrogens is 342 g/mol. The van der Waals surface area contributed by atoms with Gasteiger partial charge < -0.3 is 21.3 Å². The highest BCUT2D eigenvalue weighted by Crippen LogP contribution is 2.22. The topological polar surface area (TPSA) is 111 Å². The van der Waals surface area contributed by atoms with Crippen LogP contribution in [-0.4, -0.2) is 36.3 Å². The zero-order valence-corrected chi connectivity index (χ0v) is 14.5. The van der Waals surface area contributed by atoms with Crippen LogP contribution in [0.2, 0.25) is 5.02 Å². The Morgan fingerprint density at radius 3 is 2.92 bits per heavy atom. The van der Waals surface area contributed by atoms with Crippen molar-refractivity contribution >= 4 is 34.8 Å². The predicted octanol–water partition coefficient (Wildman–Crippen LogP) is 1.87. The number of hydrogen-bond donors (Lipinski definition) is 3. The first-order valence-corrected chi connectivity index (χ1v) is 8.37. The first kappa shape index (κ1) is 18.6. The smallest absolute Gasteiger partial charge is 0.267 e. The van der Waals surface area contributed by atoms with Gasteiger partial charge in [-0.25, -0.2) is 0 Å². The van der Waals surface area contributed by atoms with Crippen molar-refractivity contribution in [1.29, 1.82) is 5.26 Å². The Bertz CT molecular complexity index is 726. The van der Waals surface area contributed by atoms with E-state index in [-0.39, 0.29) is 11.5 Å². The molecule has 0 aromatic heterocycles. The molecule has 0 radical (unpaired) electrons. The third-order valence-corrected chi connectivity index (χ3v) is 4.12. The number of nitrogens with one attached hydrogen (secondary N) is 2. The van der Waals surface area contributed by atoms with Gasteiger partial charge in [0, 0.05) is 37.9 Å². The molecule has 0 saturated carbocycles. The number of carbonyl (C=O) groups excluding carboxylic acids is 2. The third kappa shape index (κ3) is 5.40. The summed E-state index contributed by atoms with van der Waals surface area (Å²) >= 11 is 5.90. The molecular formula is C17H20ClN5O2. The highest BCUT2D eigenvalue weighted by molar-refractivity contribution is 6.33. The first-order valence-electron chi connectivity index (χ1n) is 7.99. The largest absolute Gasteiger partial charge is 0.398 e. The third-order valence-electron chi connectivity index (χ3n) is 3.79. The van der Waals surface area contributed by atoms with E-state index >= 15 is 0 Å². The molecule has 0 bridgehead atoms. The van der Waals surface area contributed by atoms with E-state index in [9.17, 15) is 9.59 Å². The molecule has 1 fully saturated rings.